The van der Waals surface area contributed by atoms with Crippen LogP contribution in [0.3, 0.4) is 0 Å². The van der Waals surface area contributed by atoms with Crippen molar-refractivity contribution in [2.24, 2.45) is 0 Å². The maximum atomic E-state index is 5.70. The first kappa shape index (κ1) is 18.6. The Balaban J connectivity index is 1.78. The van der Waals surface area contributed by atoms with Gasteiger partial charge in [-0.1, -0.05) is 43.7 Å². The second-order valence-electron chi connectivity index (χ2n) is 7.10. The van der Waals surface area contributed by atoms with Crippen molar-refractivity contribution < 1.29 is 4.42 Å². The number of aryl methyl sites for hydroxylation is 1. The van der Waals surface area contributed by atoms with Crippen LogP contribution in [0.25, 0.3) is 0 Å². The van der Waals surface area contributed by atoms with Crippen LogP contribution in [-0.2, 0) is 19.8 Å². The lowest BCUT2D eigenvalue weighted by molar-refractivity contribution is 0.243. The second kappa shape index (κ2) is 8.01. The quantitative estimate of drug-likeness (QED) is 0.571. The highest BCUT2D eigenvalue weighted by molar-refractivity contribution is 7.71. The molecule has 26 heavy (non-hydrogen) atoms. The van der Waals surface area contributed by atoms with E-state index in [1.165, 1.54) is 11.1 Å². The van der Waals surface area contributed by atoms with Crippen LogP contribution in [0.5, 0.6) is 0 Å². The summed E-state index contributed by atoms with van der Waals surface area (Å²) < 4.78 is 10.2. The third kappa shape index (κ3) is 4.31. The highest BCUT2D eigenvalue weighted by atomic mass is 32.1. The first-order valence-electron chi connectivity index (χ1n) is 8.88. The fraction of sp³-hybridized carbons (Fsp3) is 0.400. The standard InChI is InChI=1S/C20H26N4OS/c1-15(2)19-21-24(20(26)23(19)13-18-6-5-11-25-18)14-22(4)12-17-9-7-16(3)8-10-17/h5-11,15H,12-14H2,1-4H3. The molecule has 2 heterocycles. The number of hydrogen-bond donors (Lipinski definition) is 0. The van der Waals surface area contributed by atoms with Crippen molar-refractivity contribution in [3.05, 3.63) is 70.1 Å². The molecule has 0 spiro atoms. The van der Waals surface area contributed by atoms with Gasteiger partial charge in [-0.3, -0.25) is 9.47 Å². The van der Waals surface area contributed by atoms with Gasteiger partial charge in [0.25, 0.3) is 0 Å². The molecule has 0 amide bonds. The number of furan rings is 1. The van der Waals surface area contributed by atoms with Crippen LogP contribution in [-0.4, -0.2) is 26.3 Å². The highest BCUT2D eigenvalue weighted by Crippen LogP contribution is 2.16. The van der Waals surface area contributed by atoms with Gasteiger partial charge in [-0.25, -0.2) is 4.68 Å². The molecule has 1 aromatic carbocycles. The zero-order chi connectivity index (χ0) is 18.7. The minimum absolute atomic E-state index is 0.287. The molecule has 6 heteroatoms. The first-order chi connectivity index (χ1) is 12.4. The number of benzene rings is 1. The zero-order valence-electron chi connectivity index (χ0n) is 15.8. The lowest BCUT2D eigenvalue weighted by atomic mass is 10.1. The van der Waals surface area contributed by atoms with E-state index in [4.69, 9.17) is 21.7 Å². The van der Waals surface area contributed by atoms with Crippen molar-refractivity contribution >= 4 is 12.2 Å². The molecule has 0 bridgehead atoms. The summed E-state index contributed by atoms with van der Waals surface area (Å²) in [5.41, 5.74) is 2.56. The Labute approximate surface area is 159 Å². The molecule has 0 radical (unpaired) electrons. The lowest BCUT2D eigenvalue weighted by Gasteiger charge is -2.16. The molecule has 2 aromatic heterocycles. The van der Waals surface area contributed by atoms with Crippen LogP contribution in [0.4, 0.5) is 0 Å². The minimum Gasteiger partial charge on any atom is -0.467 e. The van der Waals surface area contributed by atoms with Gasteiger partial charge in [0.15, 0.2) is 4.77 Å². The van der Waals surface area contributed by atoms with E-state index in [0.29, 0.717) is 13.2 Å². The smallest absolute Gasteiger partial charge is 0.199 e. The van der Waals surface area contributed by atoms with E-state index in [1.807, 2.05) is 16.8 Å². The van der Waals surface area contributed by atoms with Crippen LogP contribution < -0.4 is 0 Å². The largest absolute Gasteiger partial charge is 0.467 e. The molecule has 138 valence electrons. The number of aromatic nitrogens is 3. The van der Waals surface area contributed by atoms with E-state index in [1.54, 1.807) is 6.26 Å². The summed E-state index contributed by atoms with van der Waals surface area (Å²) in [6, 6.07) is 12.5. The van der Waals surface area contributed by atoms with E-state index >= 15 is 0 Å². The van der Waals surface area contributed by atoms with Crippen LogP contribution in [0.15, 0.2) is 47.1 Å². The van der Waals surface area contributed by atoms with Crippen LogP contribution >= 0.6 is 12.2 Å². The third-order valence-corrected chi connectivity index (χ3v) is 4.74. The van der Waals surface area contributed by atoms with Gasteiger partial charge < -0.3 is 4.42 Å². The molecule has 0 fully saturated rings. The molecule has 0 unspecified atom stereocenters. The van der Waals surface area contributed by atoms with Crippen molar-refractivity contribution in [1.82, 2.24) is 19.2 Å². The number of nitrogens with zero attached hydrogens (tertiary/aromatic N) is 4. The topological polar surface area (TPSA) is 39.1 Å². The Bertz CT molecular complexity index is 891. The number of hydrogen-bond acceptors (Lipinski definition) is 4. The Kier molecular flexibility index (Phi) is 5.74. The predicted molar refractivity (Wildman–Crippen MR) is 106 cm³/mol. The molecular formula is C20H26N4OS. The maximum Gasteiger partial charge on any atom is 0.199 e. The van der Waals surface area contributed by atoms with E-state index < -0.39 is 0 Å². The van der Waals surface area contributed by atoms with Gasteiger partial charge in [-0.2, -0.15) is 5.10 Å². The van der Waals surface area contributed by atoms with Crippen molar-refractivity contribution in [3.8, 4) is 0 Å². The first-order valence-corrected chi connectivity index (χ1v) is 9.29. The molecular weight excluding hydrogens is 344 g/mol. The number of rotatable bonds is 7. The highest BCUT2D eigenvalue weighted by Gasteiger charge is 2.16. The Morgan fingerprint density at radius 2 is 1.92 bits per heavy atom. The monoisotopic (exact) mass is 370 g/mol. The van der Waals surface area contributed by atoms with Crippen molar-refractivity contribution in [3.63, 3.8) is 0 Å². The molecule has 0 saturated heterocycles. The zero-order valence-corrected chi connectivity index (χ0v) is 16.7. The van der Waals surface area contributed by atoms with Crippen LogP contribution in [0.1, 0.15) is 42.5 Å². The van der Waals surface area contributed by atoms with E-state index in [2.05, 4.69) is 61.6 Å². The molecule has 0 saturated carbocycles. The summed E-state index contributed by atoms with van der Waals surface area (Å²) in [6.07, 6.45) is 1.69. The molecule has 0 atom stereocenters. The van der Waals surface area contributed by atoms with Crippen LogP contribution in [0.2, 0.25) is 0 Å². The molecule has 0 aliphatic rings. The van der Waals surface area contributed by atoms with Gasteiger partial charge in [-0.05, 0) is 43.9 Å². The summed E-state index contributed by atoms with van der Waals surface area (Å²) in [5, 5.41) is 4.78. The normalized spacial score (nSPS) is 11.6. The van der Waals surface area contributed by atoms with E-state index in [0.717, 1.165) is 22.9 Å². The average molecular weight is 371 g/mol. The van der Waals surface area contributed by atoms with Gasteiger partial charge >= 0.3 is 0 Å². The van der Waals surface area contributed by atoms with Crippen molar-refractivity contribution in [2.45, 2.75) is 46.4 Å². The summed E-state index contributed by atoms with van der Waals surface area (Å²) in [4.78, 5) is 2.22. The third-order valence-electron chi connectivity index (χ3n) is 4.31. The maximum absolute atomic E-state index is 5.70. The fourth-order valence-electron chi connectivity index (χ4n) is 2.97. The summed E-state index contributed by atoms with van der Waals surface area (Å²) >= 11 is 5.70. The average Bonchev–Trinajstić information content (AvgIpc) is 3.21. The molecule has 3 rings (SSSR count). The van der Waals surface area contributed by atoms with Gasteiger partial charge in [0.2, 0.25) is 0 Å². The molecule has 0 aliphatic heterocycles. The predicted octanol–water partition coefficient (Wildman–Crippen LogP) is 4.58. The summed E-state index contributed by atoms with van der Waals surface area (Å²) in [7, 11) is 2.09. The van der Waals surface area contributed by atoms with Gasteiger partial charge in [0.05, 0.1) is 19.5 Å². The van der Waals surface area contributed by atoms with Gasteiger partial charge in [0.1, 0.15) is 11.6 Å². The van der Waals surface area contributed by atoms with Crippen molar-refractivity contribution in [2.75, 3.05) is 7.05 Å². The Morgan fingerprint density at radius 1 is 1.19 bits per heavy atom. The van der Waals surface area contributed by atoms with Gasteiger partial charge in [0, 0.05) is 12.5 Å². The van der Waals surface area contributed by atoms with Crippen LogP contribution in [0, 0.1) is 11.7 Å². The molecule has 0 N–H and O–H groups in total. The van der Waals surface area contributed by atoms with E-state index in [-0.39, 0.29) is 5.92 Å². The Morgan fingerprint density at radius 3 is 2.54 bits per heavy atom. The molecule has 0 aliphatic carbocycles. The Hall–Kier alpha value is -2.18. The second-order valence-corrected chi connectivity index (χ2v) is 7.47. The summed E-state index contributed by atoms with van der Waals surface area (Å²) in [5.74, 6) is 2.15. The fourth-order valence-corrected chi connectivity index (χ4v) is 3.22. The van der Waals surface area contributed by atoms with Crippen molar-refractivity contribution in [1.29, 1.82) is 0 Å². The molecule has 5 nitrogen and oxygen atoms in total. The molecule has 3 aromatic rings. The SMILES string of the molecule is Cc1ccc(CN(C)Cn2nc(C(C)C)n(Cc3ccco3)c2=S)cc1. The lowest BCUT2D eigenvalue weighted by Crippen LogP contribution is -2.22. The summed E-state index contributed by atoms with van der Waals surface area (Å²) in [6.45, 7) is 8.49. The minimum atomic E-state index is 0.287. The van der Waals surface area contributed by atoms with Gasteiger partial charge in [-0.15, -0.1) is 0 Å². The van der Waals surface area contributed by atoms with E-state index in [9.17, 15) is 0 Å².